The molecule has 4 nitrogen and oxygen atoms in total. The SMILES string of the molecule is COc1ccc(Cl)cc1NC(=O)C(C)SCc1ccco1. The van der Waals surface area contributed by atoms with E-state index in [1.165, 1.54) is 11.8 Å². The predicted molar refractivity (Wildman–Crippen MR) is 86.1 cm³/mol. The first-order valence-electron chi connectivity index (χ1n) is 6.38. The lowest BCUT2D eigenvalue weighted by atomic mass is 10.3. The maximum Gasteiger partial charge on any atom is 0.237 e. The number of halogens is 1. The van der Waals surface area contributed by atoms with Crippen molar-refractivity contribution in [2.45, 2.75) is 17.9 Å². The summed E-state index contributed by atoms with van der Waals surface area (Å²) >= 11 is 7.44. The number of nitrogens with one attached hydrogen (secondary N) is 1. The predicted octanol–water partition coefficient (Wildman–Crippen LogP) is 4.20. The second-order valence-corrected chi connectivity index (χ2v) is 6.13. The van der Waals surface area contributed by atoms with Gasteiger partial charge in [0.15, 0.2) is 0 Å². The minimum atomic E-state index is -0.223. The van der Waals surface area contributed by atoms with Crippen molar-refractivity contribution < 1.29 is 13.9 Å². The van der Waals surface area contributed by atoms with Gasteiger partial charge in [-0.1, -0.05) is 11.6 Å². The molecule has 0 saturated carbocycles. The van der Waals surface area contributed by atoms with E-state index in [2.05, 4.69) is 5.32 Å². The van der Waals surface area contributed by atoms with Crippen LogP contribution in [0.2, 0.25) is 5.02 Å². The summed E-state index contributed by atoms with van der Waals surface area (Å²) in [5, 5.41) is 3.15. The Morgan fingerprint density at radius 2 is 2.29 bits per heavy atom. The number of anilines is 1. The second kappa shape index (κ2) is 7.43. The summed E-state index contributed by atoms with van der Waals surface area (Å²) in [4.78, 5) is 12.2. The van der Waals surface area contributed by atoms with Crippen molar-refractivity contribution in [3.05, 3.63) is 47.4 Å². The molecule has 0 bridgehead atoms. The Kier molecular flexibility index (Phi) is 5.59. The molecule has 0 saturated heterocycles. The highest BCUT2D eigenvalue weighted by Crippen LogP contribution is 2.28. The van der Waals surface area contributed by atoms with E-state index in [1.54, 1.807) is 31.6 Å². The Hall–Kier alpha value is -1.59. The highest BCUT2D eigenvalue weighted by Gasteiger charge is 2.16. The molecule has 0 aliphatic rings. The van der Waals surface area contributed by atoms with E-state index in [-0.39, 0.29) is 11.2 Å². The minimum absolute atomic E-state index is 0.105. The Labute approximate surface area is 132 Å². The van der Waals surface area contributed by atoms with Crippen molar-refractivity contribution in [3.8, 4) is 5.75 Å². The number of furan rings is 1. The van der Waals surface area contributed by atoms with E-state index in [0.717, 1.165) is 5.76 Å². The summed E-state index contributed by atoms with van der Waals surface area (Å²) in [6.07, 6.45) is 1.62. The maximum absolute atomic E-state index is 12.2. The molecule has 1 heterocycles. The van der Waals surface area contributed by atoms with Gasteiger partial charge in [0.1, 0.15) is 11.5 Å². The lowest BCUT2D eigenvalue weighted by Crippen LogP contribution is -2.22. The molecule has 0 fully saturated rings. The molecule has 0 spiro atoms. The zero-order valence-corrected chi connectivity index (χ0v) is 13.3. The van der Waals surface area contributed by atoms with E-state index in [1.807, 2.05) is 19.1 Å². The van der Waals surface area contributed by atoms with Crippen LogP contribution in [0.3, 0.4) is 0 Å². The Bertz CT molecular complexity index is 601. The first-order valence-corrected chi connectivity index (χ1v) is 7.81. The average molecular weight is 326 g/mol. The van der Waals surface area contributed by atoms with Gasteiger partial charge < -0.3 is 14.5 Å². The number of thioether (sulfide) groups is 1. The van der Waals surface area contributed by atoms with Crippen molar-refractivity contribution in [1.29, 1.82) is 0 Å². The number of amides is 1. The van der Waals surface area contributed by atoms with Crippen molar-refractivity contribution in [3.63, 3.8) is 0 Å². The highest BCUT2D eigenvalue weighted by atomic mass is 35.5. The fourth-order valence-corrected chi connectivity index (χ4v) is 2.65. The van der Waals surface area contributed by atoms with E-state index < -0.39 is 0 Å². The smallest absolute Gasteiger partial charge is 0.237 e. The molecule has 1 aromatic heterocycles. The fourth-order valence-electron chi connectivity index (χ4n) is 1.69. The molecule has 6 heteroatoms. The normalized spacial score (nSPS) is 12.0. The third kappa shape index (κ3) is 4.44. The van der Waals surface area contributed by atoms with Crippen LogP contribution in [-0.2, 0) is 10.5 Å². The molecular weight excluding hydrogens is 310 g/mol. The quantitative estimate of drug-likeness (QED) is 0.864. The monoisotopic (exact) mass is 325 g/mol. The van der Waals surface area contributed by atoms with Crippen molar-refractivity contribution in [2.24, 2.45) is 0 Å². The second-order valence-electron chi connectivity index (χ2n) is 4.37. The van der Waals surface area contributed by atoms with Gasteiger partial charge >= 0.3 is 0 Å². The first-order chi connectivity index (χ1) is 10.1. The number of hydrogen-bond acceptors (Lipinski definition) is 4. The summed E-state index contributed by atoms with van der Waals surface area (Å²) in [6.45, 7) is 1.85. The highest BCUT2D eigenvalue weighted by molar-refractivity contribution is 7.99. The number of carbonyl (C=O) groups is 1. The summed E-state index contributed by atoms with van der Waals surface area (Å²) in [5.41, 5.74) is 0.570. The molecule has 1 N–H and O–H groups in total. The van der Waals surface area contributed by atoms with Crippen LogP contribution in [0.25, 0.3) is 0 Å². The Balaban J connectivity index is 1.95. The molecule has 1 unspecified atom stereocenters. The van der Waals surface area contributed by atoms with E-state index >= 15 is 0 Å². The summed E-state index contributed by atoms with van der Waals surface area (Å²) in [7, 11) is 1.55. The van der Waals surface area contributed by atoms with Gasteiger partial charge in [0.05, 0.1) is 30.1 Å². The standard InChI is InChI=1S/C15H16ClNO3S/c1-10(21-9-12-4-3-7-20-12)15(18)17-13-8-11(16)5-6-14(13)19-2/h3-8,10H,9H2,1-2H3,(H,17,18). The van der Waals surface area contributed by atoms with Gasteiger partial charge in [0.25, 0.3) is 0 Å². The molecule has 1 amide bonds. The molecule has 0 aliphatic carbocycles. The van der Waals surface area contributed by atoms with Crippen LogP contribution >= 0.6 is 23.4 Å². The number of methoxy groups -OCH3 is 1. The molecule has 21 heavy (non-hydrogen) atoms. The van der Waals surface area contributed by atoms with Gasteiger partial charge in [-0.3, -0.25) is 4.79 Å². The molecule has 0 radical (unpaired) electrons. The summed E-state index contributed by atoms with van der Waals surface area (Å²) in [5.74, 6) is 1.97. The van der Waals surface area contributed by atoms with E-state index in [0.29, 0.717) is 22.2 Å². The van der Waals surface area contributed by atoms with Crippen LogP contribution in [0.5, 0.6) is 5.75 Å². The third-order valence-corrected chi connectivity index (χ3v) is 4.24. The summed E-state index contributed by atoms with van der Waals surface area (Å²) < 4.78 is 10.4. The number of ether oxygens (including phenoxy) is 1. The average Bonchev–Trinajstić information content (AvgIpc) is 2.98. The van der Waals surface area contributed by atoms with Crippen LogP contribution in [0.1, 0.15) is 12.7 Å². The van der Waals surface area contributed by atoms with Gasteiger partial charge in [0, 0.05) is 5.02 Å². The van der Waals surface area contributed by atoms with Gasteiger partial charge in [-0.05, 0) is 37.3 Å². The third-order valence-electron chi connectivity index (χ3n) is 2.84. The zero-order valence-electron chi connectivity index (χ0n) is 11.8. The molecule has 112 valence electrons. The molecule has 2 aromatic rings. The molecule has 1 aromatic carbocycles. The van der Waals surface area contributed by atoms with Crippen molar-refractivity contribution in [2.75, 3.05) is 12.4 Å². The topological polar surface area (TPSA) is 51.5 Å². The van der Waals surface area contributed by atoms with Crippen LogP contribution in [0, 0.1) is 0 Å². The number of hydrogen-bond donors (Lipinski definition) is 1. The number of benzene rings is 1. The van der Waals surface area contributed by atoms with Crippen LogP contribution in [-0.4, -0.2) is 18.3 Å². The lowest BCUT2D eigenvalue weighted by Gasteiger charge is -2.14. The summed E-state index contributed by atoms with van der Waals surface area (Å²) in [6, 6.07) is 8.82. The minimum Gasteiger partial charge on any atom is -0.495 e. The number of rotatable bonds is 6. The van der Waals surface area contributed by atoms with Gasteiger partial charge in [0.2, 0.25) is 5.91 Å². The van der Waals surface area contributed by atoms with Crippen LogP contribution in [0.4, 0.5) is 5.69 Å². The van der Waals surface area contributed by atoms with Crippen LogP contribution in [0.15, 0.2) is 41.0 Å². The Morgan fingerprint density at radius 3 is 2.95 bits per heavy atom. The largest absolute Gasteiger partial charge is 0.495 e. The van der Waals surface area contributed by atoms with Crippen molar-refractivity contribution in [1.82, 2.24) is 0 Å². The van der Waals surface area contributed by atoms with E-state index in [9.17, 15) is 4.79 Å². The molecule has 2 rings (SSSR count). The lowest BCUT2D eigenvalue weighted by molar-refractivity contribution is -0.115. The van der Waals surface area contributed by atoms with E-state index in [4.69, 9.17) is 20.8 Å². The maximum atomic E-state index is 12.2. The molecular formula is C15H16ClNO3S. The zero-order chi connectivity index (χ0) is 15.2. The molecule has 1 atom stereocenters. The van der Waals surface area contributed by atoms with Gasteiger partial charge in [-0.25, -0.2) is 0 Å². The fraction of sp³-hybridized carbons (Fsp3) is 0.267. The number of carbonyl (C=O) groups excluding carboxylic acids is 1. The van der Waals surface area contributed by atoms with Crippen molar-refractivity contribution >= 4 is 35.0 Å². The Morgan fingerprint density at radius 1 is 1.48 bits per heavy atom. The van der Waals surface area contributed by atoms with Gasteiger partial charge in [-0.2, -0.15) is 0 Å². The first kappa shape index (κ1) is 15.8. The van der Waals surface area contributed by atoms with Crippen LogP contribution < -0.4 is 10.1 Å². The molecule has 0 aliphatic heterocycles. The van der Waals surface area contributed by atoms with Gasteiger partial charge in [-0.15, -0.1) is 11.8 Å².